The van der Waals surface area contributed by atoms with E-state index in [-0.39, 0.29) is 18.5 Å². The maximum Gasteiger partial charge on any atom is 0.251 e. The van der Waals surface area contributed by atoms with Crippen molar-refractivity contribution in [2.24, 2.45) is 5.73 Å². The second-order valence-electron chi connectivity index (χ2n) is 5.32. The fourth-order valence-corrected chi connectivity index (χ4v) is 3.26. The Kier molecular flexibility index (Phi) is 5.27. The molecule has 0 radical (unpaired) electrons. The lowest BCUT2D eigenvalue weighted by Gasteiger charge is -2.17. The maximum absolute atomic E-state index is 12.2. The molecule has 2 amide bonds. The third-order valence-corrected chi connectivity index (χ3v) is 4.44. The highest BCUT2D eigenvalue weighted by molar-refractivity contribution is 7.14. The van der Waals surface area contributed by atoms with Crippen molar-refractivity contribution in [2.45, 2.75) is 6.04 Å². The molecule has 25 heavy (non-hydrogen) atoms. The zero-order valence-corrected chi connectivity index (χ0v) is 14.1. The molecule has 4 N–H and O–H groups in total. The van der Waals surface area contributed by atoms with Crippen molar-refractivity contribution in [3.8, 4) is 0 Å². The van der Waals surface area contributed by atoms with Gasteiger partial charge in [-0.2, -0.15) is 0 Å². The van der Waals surface area contributed by atoms with Crippen molar-refractivity contribution in [1.82, 2.24) is 5.32 Å². The number of primary amides is 1. The number of nitrogens with one attached hydrogen (secondary N) is 2. The number of rotatable bonds is 7. The van der Waals surface area contributed by atoms with Crippen LogP contribution in [-0.4, -0.2) is 18.4 Å². The van der Waals surface area contributed by atoms with Crippen molar-refractivity contribution in [1.29, 1.82) is 0 Å². The van der Waals surface area contributed by atoms with Crippen LogP contribution in [0.4, 0.5) is 5.00 Å². The van der Waals surface area contributed by atoms with Crippen LogP contribution in [0.15, 0.2) is 64.6 Å². The Labute approximate surface area is 148 Å². The second-order valence-corrected chi connectivity index (χ2v) is 6.23. The number of benzene rings is 1. The Morgan fingerprint density at radius 3 is 2.60 bits per heavy atom. The summed E-state index contributed by atoms with van der Waals surface area (Å²) in [6.45, 7) is 0.0519. The first-order chi connectivity index (χ1) is 12.1. The maximum atomic E-state index is 12.2. The van der Waals surface area contributed by atoms with E-state index in [4.69, 9.17) is 10.2 Å². The van der Waals surface area contributed by atoms with Crippen molar-refractivity contribution < 1.29 is 14.0 Å². The summed E-state index contributed by atoms with van der Waals surface area (Å²) in [5.74, 6) is -0.118. The summed E-state index contributed by atoms with van der Waals surface area (Å²) in [7, 11) is 0. The van der Waals surface area contributed by atoms with Crippen molar-refractivity contribution in [2.75, 3.05) is 11.9 Å². The molecule has 0 saturated carbocycles. The quantitative estimate of drug-likeness (QED) is 0.607. The summed E-state index contributed by atoms with van der Waals surface area (Å²) in [6.07, 6.45) is 1.60. The highest BCUT2D eigenvalue weighted by Gasteiger charge is 2.18. The number of hydrogen-bond acceptors (Lipinski definition) is 5. The average molecular weight is 355 g/mol. The van der Waals surface area contributed by atoms with Crippen LogP contribution in [0.2, 0.25) is 0 Å². The fourth-order valence-electron chi connectivity index (χ4n) is 2.45. The minimum Gasteiger partial charge on any atom is -0.467 e. The Morgan fingerprint density at radius 2 is 1.92 bits per heavy atom. The third kappa shape index (κ3) is 4.14. The molecule has 0 fully saturated rings. The standard InChI is InChI=1S/C18H17N3O3S/c19-17(23)13-8-10-25-18(13)21-15(22)11-20-16(14-7-4-9-24-14)12-5-2-1-3-6-12/h1-10,16,20H,11H2,(H2,19,23)(H,21,22)/t16-/m1/s1. The van der Waals surface area contributed by atoms with Gasteiger partial charge >= 0.3 is 0 Å². The predicted octanol–water partition coefficient (Wildman–Crippen LogP) is 2.76. The largest absolute Gasteiger partial charge is 0.467 e. The predicted molar refractivity (Wildman–Crippen MR) is 96.5 cm³/mol. The molecule has 6 nitrogen and oxygen atoms in total. The van der Waals surface area contributed by atoms with Crippen molar-refractivity contribution in [3.05, 3.63) is 77.1 Å². The molecule has 3 rings (SSSR count). The molecule has 0 aliphatic carbocycles. The molecule has 0 aliphatic heterocycles. The minimum atomic E-state index is -0.567. The van der Waals surface area contributed by atoms with E-state index in [0.717, 1.165) is 5.56 Å². The van der Waals surface area contributed by atoms with Crippen LogP contribution in [-0.2, 0) is 4.79 Å². The molecule has 1 aromatic carbocycles. The van der Waals surface area contributed by atoms with Gasteiger partial charge in [0.2, 0.25) is 5.91 Å². The summed E-state index contributed by atoms with van der Waals surface area (Å²) in [5.41, 5.74) is 6.58. The summed E-state index contributed by atoms with van der Waals surface area (Å²) in [6, 6.07) is 14.7. The van der Waals surface area contributed by atoms with Gasteiger partial charge in [0.25, 0.3) is 5.91 Å². The van der Waals surface area contributed by atoms with Gasteiger partial charge < -0.3 is 15.5 Å². The highest BCUT2D eigenvalue weighted by Crippen LogP contribution is 2.24. The van der Waals surface area contributed by atoms with Gasteiger partial charge in [-0.3, -0.25) is 14.9 Å². The molecule has 0 saturated heterocycles. The van der Waals surface area contributed by atoms with Crippen LogP contribution in [0, 0.1) is 0 Å². The average Bonchev–Trinajstić information content (AvgIpc) is 3.28. The van der Waals surface area contributed by atoms with Crippen LogP contribution in [0.1, 0.15) is 27.7 Å². The van der Waals surface area contributed by atoms with Gasteiger partial charge in [0, 0.05) is 0 Å². The molecular formula is C18H17N3O3S. The summed E-state index contributed by atoms with van der Waals surface area (Å²) in [4.78, 5) is 23.6. The molecule has 3 aromatic rings. The Hall–Kier alpha value is -2.90. The van der Waals surface area contributed by atoms with E-state index in [0.29, 0.717) is 16.3 Å². The number of amides is 2. The fraction of sp³-hybridized carbons (Fsp3) is 0.111. The van der Waals surface area contributed by atoms with E-state index in [2.05, 4.69) is 10.6 Å². The SMILES string of the molecule is NC(=O)c1ccsc1NC(=O)CN[C@H](c1ccccc1)c1ccco1. The number of furan rings is 1. The molecule has 1 atom stereocenters. The Morgan fingerprint density at radius 1 is 1.12 bits per heavy atom. The highest BCUT2D eigenvalue weighted by atomic mass is 32.1. The lowest BCUT2D eigenvalue weighted by molar-refractivity contribution is -0.115. The van der Waals surface area contributed by atoms with Crippen molar-refractivity contribution >= 4 is 28.2 Å². The zero-order chi connectivity index (χ0) is 17.6. The minimum absolute atomic E-state index is 0.0519. The van der Waals surface area contributed by atoms with E-state index in [9.17, 15) is 9.59 Å². The molecule has 2 heterocycles. The van der Waals surface area contributed by atoms with E-state index >= 15 is 0 Å². The first-order valence-electron chi connectivity index (χ1n) is 7.64. The molecule has 7 heteroatoms. The van der Waals surface area contributed by atoms with Crippen LogP contribution in [0.5, 0.6) is 0 Å². The van der Waals surface area contributed by atoms with E-state index in [1.165, 1.54) is 11.3 Å². The third-order valence-electron chi connectivity index (χ3n) is 3.61. The van der Waals surface area contributed by atoms with Gasteiger partial charge in [0.15, 0.2) is 0 Å². The first kappa shape index (κ1) is 16.9. The topological polar surface area (TPSA) is 97.4 Å². The lowest BCUT2D eigenvalue weighted by atomic mass is 10.0. The summed E-state index contributed by atoms with van der Waals surface area (Å²) in [5, 5.41) is 8.05. The number of carbonyl (C=O) groups is 2. The number of thiophene rings is 1. The number of carbonyl (C=O) groups excluding carboxylic acids is 2. The zero-order valence-electron chi connectivity index (χ0n) is 13.3. The Balaban J connectivity index is 1.68. The Bertz CT molecular complexity index is 844. The van der Waals surface area contributed by atoms with Gasteiger partial charge in [0.05, 0.1) is 24.4 Å². The summed E-state index contributed by atoms with van der Waals surface area (Å²) < 4.78 is 5.49. The number of anilines is 1. The van der Waals surface area contributed by atoms with Gasteiger partial charge in [0.1, 0.15) is 10.8 Å². The van der Waals surface area contributed by atoms with Crippen LogP contribution in [0.3, 0.4) is 0 Å². The van der Waals surface area contributed by atoms with E-state index in [1.807, 2.05) is 36.4 Å². The normalized spacial score (nSPS) is 11.8. The molecule has 0 spiro atoms. The van der Waals surface area contributed by atoms with Gasteiger partial charge in [-0.15, -0.1) is 11.3 Å². The van der Waals surface area contributed by atoms with Crippen molar-refractivity contribution in [3.63, 3.8) is 0 Å². The molecule has 128 valence electrons. The smallest absolute Gasteiger partial charge is 0.251 e. The van der Waals surface area contributed by atoms with Crippen LogP contribution >= 0.6 is 11.3 Å². The van der Waals surface area contributed by atoms with Gasteiger partial charge in [-0.25, -0.2) is 0 Å². The molecule has 0 bridgehead atoms. The molecule has 0 aliphatic rings. The lowest BCUT2D eigenvalue weighted by Crippen LogP contribution is -2.32. The first-order valence-corrected chi connectivity index (χ1v) is 8.52. The van der Waals surface area contributed by atoms with E-state index in [1.54, 1.807) is 23.8 Å². The number of hydrogen-bond donors (Lipinski definition) is 3. The summed E-state index contributed by atoms with van der Waals surface area (Å²) >= 11 is 1.26. The molecule has 2 aromatic heterocycles. The van der Waals surface area contributed by atoms with Crippen LogP contribution in [0.25, 0.3) is 0 Å². The van der Waals surface area contributed by atoms with Crippen LogP contribution < -0.4 is 16.4 Å². The van der Waals surface area contributed by atoms with Gasteiger partial charge in [-0.1, -0.05) is 30.3 Å². The van der Waals surface area contributed by atoms with E-state index < -0.39 is 5.91 Å². The molecule has 0 unspecified atom stereocenters. The second kappa shape index (κ2) is 7.78. The monoisotopic (exact) mass is 355 g/mol. The molecular weight excluding hydrogens is 338 g/mol. The van der Waals surface area contributed by atoms with Gasteiger partial charge in [-0.05, 0) is 29.1 Å². The number of nitrogens with two attached hydrogens (primary N) is 1.